The molecular weight excluding hydrogens is 140 g/mol. The molecule has 0 unspecified atom stereocenters. The van der Waals surface area contributed by atoms with Crippen LogP contribution in [0.3, 0.4) is 0 Å². The first-order valence-electron chi connectivity index (χ1n) is 4.40. The number of nitrogens with two attached hydrogens (primary N) is 1. The van der Waals surface area contributed by atoms with E-state index in [9.17, 15) is 0 Å². The average Bonchev–Trinajstić information content (AvgIpc) is 1.94. The predicted molar refractivity (Wildman–Crippen MR) is 45.3 cm³/mol. The van der Waals surface area contributed by atoms with Crippen LogP contribution < -0.4 is 5.73 Å². The van der Waals surface area contributed by atoms with Crippen molar-refractivity contribution in [3.05, 3.63) is 0 Å². The van der Waals surface area contributed by atoms with E-state index in [1.165, 1.54) is 13.1 Å². The maximum absolute atomic E-state index is 8.56. The second-order valence-corrected chi connectivity index (χ2v) is 3.28. The fraction of sp³-hybridized carbons (Fsp3) is 1.00. The van der Waals surface area contributed by atoms with Gasteiger partial charge in [-0.05, 0) is 25.3 Å². The molecule has 66 valence electrons. The number of aliphatic hydroxyl groups is 1. The normalized spacial score (nSPS) is 20.2. The van der Waals surface area contributed by atoms with E-state index in [2.05, 4.69) is 4.90 Å². The van der Waals surface area contributed by atoms with E-state index in [0.717, 1.165) is 31.8 Å². The Balaban J connectivity index is 1.92. The Morgan fingerprint density at radius 2 is 2.18 bits per heavy atom. The van der Waals surface area contributed by atoms with Crippen molar-refractivity contribution in [2.24, 2.45) is 11.7 Å². The summed E-state index contributed by atoms with van der Waals surface area (Å²) in [5.41, 5.74) is 5.43. The van der Waals surface area contributed by atoms with Crippen molar-refractivity contribution in [1.82, 2.24) is 4.90 Å². The number of hydrogen-bond acceptors (Lipinski definition) is 3. The molecule has 1 heterocycles. The number of likely N-dealkylation sites (tertiary alicyclic amines) is 1. The first kappa shape index (κ1) is 8.97. The molecule has 0 amide bonds. The van der Waals surface area contributed by atoms with Crippen LogP contribution in [0.25, 0.3) is 0 Å². The molecule has 1 fully saturated rings. The first-order chi connectivity index (χ1) is 5.36. The van der Waals surface area contributed by atoms with Crippen LogP contribution >= 0.6 is 0 Å². The third kappa shape index (κ3) is 2.77. The maximum Gasteiger partial charge on any atom is 0.0443 e. The Morgan fingerprint density at radius 3 is 2.73 bits per heavy atom. The van der Waals surface area contributed by atoms with E-state index in [1.807, 2.05) is 0 Å². The monoisotopic (exact) mass is 158 g/mol. The van der Waals surface area contributed by atoms with E-state index in [1.54, 1.807) is 0 Å². The van der Waals surface area contributed by atoms with Gasteiger partial charge >= 0.3 is 0 Å². The van der Waals surface area contributed by atoms with Crippen molar-refractivity contribution >= 4 is 0 Å². The molecule has 0 aromatic carbocycles. The summed E-state index contributed by atoms with van der Waals surface area (Å²) in [6.45, 7) is 4.57. The fourth-order valence-electron chi connectivity index (χ4n) is 1.57. The number of nitrogens with zero attached hydrogens (tertiary/aromatic N) is 1. The van der Waals surface area contributed by atoms with Crippen LogP contribution in [0.5, 0.6) is 0 Å². The topological polar surface area (TPSA) is 49.5 Å². The molecule has 0 spiro atoms. The van der Waals surface area contributed by atoms with Gasteiger partial charge in [0.05, 0.1) is 0 Å². The van der Waals surface area contributed by atoms with Crippen molar-refractivity contribution in [1.29, 1.82) is 0 Å². The molecular formula is C8H18N2O. The zero-order valence-electron chi connectivity index (χ0n) is 7.00. The molecule has 3 heteroatoms. The van der Waals surface area contributed by atoms with Gasteiger partial charge < -0.3 is 15.7 Å². The minimum Gasteiger partial charge on any atom is -0.396 e. The van der Waals surface area contributed by atoms with Gasteiger partial charge in [-0.3, -0.25) is 0 Å². The highest BCUT2D eigenvalue weighted by atomic mass is 16.3. The Labute approximate surface area is 68.2 Å². The number of hydrogen-bond donors (Lipinski definition) is 2. The molecule has 3 N–H and O–H groups in total. The lowest BCUT2D eigenvalue weighted by atomic mass is 9.96. The molecule has 1 rings (SSSR count). The van der Waals surface area contributed by atoms with Crippen LogP contribution in [0.15, 0.2) is 0 Å². The summed E-state index contributed by atoms with van der Waals surface area (Å²) < 4.78 is 0. The lowest BCUT2D eigenvalue weighted by Gasteiger charge is -2.39. The Bertz CT molecular complexity index is 102. The van der Waals surface area contributed by atoms with E-state index in [-0.39, 0.29) is 0 Å². The van der Waals surface area contributed by atoms with Gasteiger partial charge in [-0.2, -0.15) is 0 Å². The fourth-order valence-corrected chi connectivity index (χ4v) is 1.57. The Hall–Kier alpha value is -0.120. The van der Waals surface area contributed by atoms with E-state index in [4.69, 9.17) is 10.8 Å². The zero-order chi connectivity index (χ0) is 8.10. The van der Waals surface area contributed by atoms with Crippen molar-refractivity contribution in [3.63, 3.8) is 0 Å². The standard InChI is InChI=1S/C8H18N2O/c9-3-2-8-6-10(7-8)4-1-5-11/h8,11H,1-7,9H2. The summed E-state index contributed by atoms with van der Waals surface area (Å²) in [5.74, 6) is 0.832. The second-order valence-electron chi connectivity index (χ2n) is 3.28. The molecule has 0 aromatic rings. The lowest BCUT2D eigenvalue weighted by molar-refractivity contribution is 0.0877. The summed E-state index contributed by atoms with van der Waals surface area (Å²) in [5, 5.41) is 8.56. The average molecular weight is 158 g/mol. The third-order valence-electron chi connectivity index (χ3n) is 2.24. The van der Waals surface area contributed by atoms with Crippen LogP contribution in [-0.4, -0.2) is 42.8 Å². The van der Waals surface area contributed by atoms with Crippen molar-refractivity contribution in [2.45, 2.75) is 12.8 Å². The molecule has 1 saturated heterocycles. The largest absolute Gasteiger partial charge is 0.396 e. The maximum atomic E-state index is 8.56. The summed E-state index contributed by atoms with van der Waals surface area (Å²) >= 11 is 0. The van der Waals surface area contributed by atoms with Gasteiger partial charge in [0.2, 0.25) is 0 Å². The smallest absolute Gasteiger partial charge is 0.0443 e. The lowest BCUT2D eigenvalue weighted by Crippen LogP contribution is -2.47. The van der Waals surface area contributed by atoms with Gasteiger partial charge in [0.25, 0.3) is 0 Å². The molecule has 1 aliphatic heterocycles. The quantitative estimate of drug-likeness (QED) is 0.575. The minimum atomic E-state index is 0.318. The molecule has 0 saturated carbocycles. The second kappa shape index (κ2) is 4.70. The van der Waals surface area contributed by atoms with Gasteiger partial charge in [-0.15, -0.1) is 0 Å². The summed E-state index contributed by atoms with van der Waals surface area (Å²) in [6.07, 6.45) is 2.07. The Kier molecular flexibility index (Phi) is 3.83. The molecule has 0 atom stereocenters. The van der Waals surface area contributed by atoms with E-state index in [0.29, 0.717) is 6.61 Å². The van der Waals surface area contributed by atoms with Crippen LogP contribution in [0.1, 0.15) is 12.8 Å². The summed E-state index contributed by atoms with van der Waals surface area (Å²) in [6, 6.07) is 0. The third-order valence-corrected chi connectivity index (χ3v) is 2.24. The molecule has 0 bridgehead atoms. The molecule has 0 aromatic heterocycles. The highest BCUT2D eigenvalue weighted by molar-refractivity contribution is 4.79. The number of rotatable bonds is 5. The Morgan fingerprint density at radius 1 is 1.45 bits per heavy atom. The highest BCUT2D eigenvalue weighted by Gasteiger charge is 2.24. The number of aliphatic hydroxyl groups excluding tert-OH is 1. The van der Waals surface area contributed by atoms with Crippen molar-refractivity contribution in [2.75, 3.05) is 32.8 Å². The van der Waals surface area contributed by atoms with Crippen LogP contribution in [0, 0.1) is 5.92 Å². The van der Waals surface area contributed by atoms with E-state index < -0.39 is 0 Å². The highest BCUT2D eigenvalue weighted by Crippen LogP contribution is 2.17. The van der Waals surface area contributed by atoms with E-state index >= 15 is 0 Å². The van der Waals surface area contributed by atoms with Gasteiger partial charge in [0, 0.05) is 26.2 Å². The van der Waals surface area contributed by atoms with Gasteiger partial charge in [0.15, 0.2) is 0 Å². The summed E-state index contributed by atoms with van der Waals surface area (Å²) in [7, 11) is 0. The summed E-state index contributed by atoms with van der Waals surface area (Å²) in [4.78, 5) is 2.37. The van der Waals surface area contributed by atoms with Crippen molar-refractivity contribution in [3.8, 4) is 0 Å². The minimum absolute atomic E-state index is 0.318. The van der Waals surface area contributed by atoms with Crippen LogP contribution in [-0.2, 0) is 0 Å². The van der Waals surface area contributed by atoms with Crippen LogP contribution in [0.2, 0.25) is 0 Å². The molecule has 11 heavy (non-hydrogen) atoms. The van der Waals surface area contributed by atoms with Crippen LogP contribution in [0.4, 0.5) is 0 Å². The predicted octanol–water partition coefficient (Wildman–Crippen LogP) is -0.351. The van der Waals surface area contributed by atoms with Crippen molar-refractivity contribution < 1.29 is 5.11 Å². The molecule has 1 aliphatic rings. The van der Waals surface area contributed by atoms with Gasteiger partial charge in [-0.1, -0.05) is 0 Å². The zero-order valence-corrected chi connectivity index (χ0v) is 7.00. The first-order valence-corrected chi connectivity index (χ1v) is 4.40. The molecule has 0 radical (unpaired) electrons. The molecule has 3 nitrogen and oxygen atoms in total. The molecule has 0 aliphatic carbocycles. The van der Waals surface area contributed by atoms with Gasteiger partial charge in [-0.25, -0.2) is 0 Å². The van der Waals surface area contributed by atoms with Gasteiger partial charge in [0.1, 0.15) is 0 Å². The SMILES string of the molecule is NCCC1CN(CCCO)C1.